The van der Waals surface area contributed by atoms with Crippen LogP contribution in [-0.2, 0) is 0 Å². The lowest BCUT2D eigenvalue weighted by Gasteiger charge is -2.14. The molecule has 0 amide bonds. The number of fused-ring (bicyclic) bond motifs is 9. The highest BCUT2D eigenvalue weighted by Gasteiger charge is 2.20. The summed E-state index contributed by atoms with van der Waals surface area (Å²) in [4.78, 5) is 0. The molecule has 0 bridgehead atoms. The second kappa shape index (κ2) is 10.8. The van der Waals surface area contributed by atoms with Crippen molar-refractivity contribution in [3.05, 3.63) is 182 Å². The molecule has 0 aliphatic carbocycles. The molecular weight excluding hydrogens is 621 g/mol. The fourth-order valence-corrected chi connectivity index (χ4v) is 8.26. The minimum absolute atomic E-state index is 0.915. The Balaban J connectivity index is 1.14. The molecule has 0 spiro atoms. The Labute approximate surface area is 293 Å². The normalized spacial score (nSPS) is 11.9. The van der Waals surface area contributed by atoms with Crippen LogP contribution >= 0.6 is 0 Å². The molecule has 0 fully saturated rings. The van der Waals surface area contributed by atoms with Gasteiger partial charge < -0.3 is 13.6 Å². The van der Waals surface area contributed by atoms with Crippen LogP contribution < -0.4 is 0 Å². The average molecular weight is 651 g/mol. The predicted octanol–water partition coefficient (Wildman–Crippen LogP) is 13.1. The topological polar surface area (TPSA) is 23.0 Å². The number of aromatic nitrogens is 2. The summed E-state index contributed by atoms with van der Waals surface area (Å²) >= 11 is 0. The minimum atomic E-state index is 0.915. The zero-order valence-electron chi connectivity index (χ0n) is 27.6. The highest BCUT2D eigenvalue weighted by Crippen LogP contribution is 2.42. The van der Waals surface area contributed by atoms with E-state index >= 15 is 0 Å². The molecule has 3 heteroatoms. The molecule has 0 saturated heterocycles. The first-order valence-corrected chi connectivity index (χ1v) is 17.4. The first-order chi connectivity index (χ1) is 25.3. The number of furan rings is 1. The Morgan fingerprint density at radius 2 is 0.882 bits per heavy atom. The lowest BCUT2D eigenvalue weighted by Crippen LogP contribution is -1.97. The fraction of sp³-hybridized carbons (Fsp3) is 0. The van der Waals surface area contributed by atoms with Crippen molar-refractivity contribution >= 4 is 65.6 Å². The van der Waals surface area contributed by atoms with Crippen molar-refractivity contribution in [2.45, 2.75) is 0 Å². The lowest BCUT2D eigenvalue weighted by molar-refractivity contribution is 0.670. The zero-order valence-corrected chi connectivity index (χ0v) is 27.6. The van der Waals surface area contributed by atoms with Crippen LogP contribution in [0, 0.1) is 0 Å². The zero-order chi connectivity index (χ0) is 33.5. The van der Waals surface area contributed by atoms with Crippen molar-refractivity contribution in [3.8, 4) is 33.6 Å². The minimum Gasteiger partial charge on any atom is -0.455 e. The number of benzene rings is 8. The Morgan fingerprint density at radius 3 is 1.65 bits per heavy atom. The standard InChI is InChI=1S/C48H30N2O/c1-2-13-31(14-3-1)34-15-4-8-21-42(34)50-44-23-10-6-17-37(44)41-29-45-40(30-46(41)50)36-16-5-9-22-43(36)49(45)33-27-25-32(26-28-33)35-19-12-20-39-38-18-7-11-24-47(38)51-48(35)39/h1-30H. The molecule has 3 heterocycles. The molecule has 0 N–H and O–H groups in total. The SMILES string of the molecule is c1ccc(-c2ccccc2-n2c3ccccc3c3cc4c(cc32)c2ccccc2n4-c2ccc(-c3cccc4c3oc3ccccc34)cc2)cc1. The van der Waals surface area contributed by atoms with Gasteiger partial charge in [0, 0.05) is 49.1 Å². The van der Waals surface area contributed by atoms with Gasteiger partial charge in [-0.25, -0.2) is 0 Å². The second-order valence-electron chi connectivity index (χ2n) is 13.3. The van der Waals surface area contributed by atoms with Crippen molar-refractivity contribution in [2.24, 2.45) is 0 Å². The molecule has 11 rings (SSSR count). The molecular formula is C48H30N2O. The van der Waals surface area contributed by atoms with Crippen LogP contribution in [0.5, 0.6) is 0 Å². The van der Waals surface area contributed by atoms with Gasteiger partial charge in [-0.05, 0) is 59.7 Å². The molecule has 11 aromatic rings. The summed E-state index contributed by atoms with van der Waals surface area (Å²) in [6, 6.07) is 65.5. The van der Waals surface area contributed by atoms with Crippen LogP contribution in [0.25, 0.3) is 99.2 Å². The molecule has 3 aromatic heterocycles. The Morgan fingerprint density at radius 1 is 0.333 bits per heavy atom. The van der Waals surface area contributed by atoms with Gasteiger partial charge in [0.15, 0.2) is 0 Å². The third kappa shape index (κ3) is 4.12. The molecule has 0 aliphatic rings. The van der Waals surface area contributed by atoms with E-state index < -0.39 is 0 Å². The predicted molar refractivity (Wildman–Crippen MR) is 213 cm³/mol. The van der Waals surface area contributed by atoms with E-state index in [9.17, 15) is 0 Å². The Kier molecular flexibility index (Phi) is 5.96. The summed E-state index contributed by atoms with van der Waals surface area (Å²) in [5.74, 6) is 0. The highest BCUT2D eigenvalue weighted by molar-refractivity contribution is 6.19. The smallest absolute Gasteiger partial charge is 0.143 e. The lowest BCUT2D eigenvalue weighted by atomic mass is 10.0. The molecule has 0 aliphatic heterocycles. The van der Waals surface area contributed by atoms with Gasteiger partial charge in [-0.15, -0.1) is 0 Å². The molecule has 0 atom stereocenters. The monoisotopic (exact) mass is 650 g/mol. The van der Waals surface area contributed by atoms with Gasteiger partial charge in [-0.1, -0.05) is 133 Å². The quantitative estimate of drug-likeness (QED) is 0.186. The van der Waals surface area contributed by atoms with Gasteiger partial charge in [0.25, 0.3) is 0 Å². The van der Waals surface area contributed by atoms with Crippen LogP contribution in [-0.4, -0.2) is 9.13 Å². The van der Waals surface area contributed by atoms with E-state index in [1.165, 1.54) is 60.4 Å². The van der Waals surface area contributed by atoms with E-state index in [1.807, 2.05) is 12.1 Å². The van der Waals surface area contributed by atoms with Gasteiger partial charge in [-0.3, -0.25) is 0 Å². The highest BCUT2D eigenvalue weighted by atomic mass is 16.3. The first kappa shape index (κ1) is 28.0. The third-order valence-electron chi connectivity index (χ3n) is 10.5. The molecule has 0 unspecified atom stereocenters. The van der Waals surface area contributed by atoms with Crippen molar-refractivity contribution in [2.75, 3.05) is 0 Å². The maximum absolute atomic E-state index is 6.39. The van der Waals surface area contributed by atoms with E-state index in [0.717, 1.165) is 38.8 Å². The molecule has 0 saturated carbocycles. The van der Waals surface area contributed by atoms with Crippen LogP contribution in [0.1, 0.15) is 0 Å². The molecule has 8 aromatic carbocycles. The third-order valence-corrected chi connectivity index (χ3v) is 10.5. The largest absolute Gasteiger partial charge is 0.455 e. The summed E-state index contributed by atoms with van der Waals surface area (Å²) in [5, 5.41) is 7.23. The van der Waals surface area contributed by atoms with Crippen LogP contribution in [0.3, 0.4) is 0 Å². The summed E-state index contributed by atoms with van der Waals surface area (Å²) in [6.45, 7) is 0. The van der Waals surface area contributed by atoms with Crippen molar-refractivity contribution in [1.82, 2.24) is 9.13 Å². The maximum atomic E-state index is 6.39. The van der Waals surface area contributed by atoms with Gasteiger partial charge in [0.1, 0.15) is 11.2 Å². The van der Waals surface area contributed by atoms with Crippen LogP contribution in [0.2, 0.25) is 0 Å². The molecule has 51 heavy (non-hydrogen) atoms. The van der Waals surface area contributed by atoms with Gasteiger partial charge in [0.05, 0.1) is 27.8 Å². The number of rotatable bonds is 4. The van der Waals surface area contributed by atoms with E-state index in [0.29, 0.717) is 0 Å². The maximum Gasteiger partial charge on any atom is 0.143 e. The Hall–Kier alpha value is -6.84. The van der Waals surface area contributed by atoms with Gasteiger partial charge in [-0.2, -0.15) is 0 Å². The Bertz CT molecular complexity index is 3120. The number of nitrogens with zero attached hydrogens (tertiary/aromatic N) is 2. The van der Waals surface area contributed by atoms with Crippen LogP contribution in [0.4, 0.5) is 0 Å². The number of para-hydroxylation sites is 5. The average Bonchev–Trinajstić information content (AvgIpc) is 3.85. The van der Waals surface area contributed by atoms with Gasteiger partial charge in [0.2, 0.25) is 0 Å². The van der Waals surface area contributed by atoms with Crippen molar-refractivity contribution in [3.63, 3.8) is 0 Å². The van der Waals surface area contributed by atoms with E-state index in [2.05, 4.69) is 179 Å². The summed E-state index contributed by atoms with van der Waals surface area (Å²) in [7, 11) is 0. The first-order valence-electron chi connectivity index (χ1n) is 17.4. The van der Waals surface area contributed by atoms with E-state index in [4.69, 9.17) is 4.42 Å². The van der Waals surface area contributed by atoms with Crippen LogP contribution in [0.15, 0.2) is 186 Å². The number of hydrogen-bond acceptors (Lipinski definition) is 1. The molecule has 238 valence electrons. The van der Waals surface area contributed by atoms with Gasteiger partial charge >= 0.3 is 0 Å². The molecule has 3 nitrogen and oxygen atoms in total. The number of hydrogen-bond donors (Lipinski definition) is 0. The van der Waals surface area contributed by atoms with Crippen molar-refractivity contribution in [1.29, 1.82) is 0 Å². The van der Waals surface area contributed by atoms with E-state index in [1.54, 1.807) is 0 Å². The summed E-state index contributed by atoms with van der Waals surface area (Å²) in [6.07, 6.45) is 0. The molecule has 0 radical (unpaired) electrons. The summed E-state index contributed by atoms with van der Waals surface area (Å²) in [5.41, 5.74) is 13.6. The summed E-state index contributed by atoms with van der Waals surface area (Å²) < 4.78 is 11.3. The fourth-order valence-electron chi connectivity index (χ4n) is 8.26. The van der Waals surface area contributed by atoms with E-state index in [-0.39, 0.29) is 0 Å². The van der Waals surface area contributed by atoms with Crippen molar-refractivity contribution < 1.29 is 4.42 Å². The second-order valence-corrected chi connectivity index (χ2v) is 13.3.